The molecule has 0 spiro atoms. The Bertz CT molecular complexity index is 1150. The van der Waals surface area contributed by atoms with E-state index in [0.29, 0.717) is 39.5 Å². The van der Waals surface area contributed by atoms with Crippen LogP contribution in [-0.4, -0.2) is 51.2 Å². The predicted octanol–water partition coefficient (Wildman–Crippen LogP) is 3.32. The Morgan fingerprint density at radius 3 is 2.62 bits per heavy atom. The van der Waals surface area contributed by atoms with Crippen molar-refractivity contribution in [3.05, 3.63) is 77.6 Å². The number of aliphatic hydroxyl groups excluding tert-OH is 1. The van der Waals surface area contributed by atoms with Gasteiger partial charge < -0.3 is 25.0 Å². The predicted molar refractivity (Wildman–Crippen MR) is 131 cm³/mol. The summed E-state index contributed by atoms with van der Waals surface area (Å²) in [6.45, 7) is 3.68. The summed E-state index contributed by atoms with van der Waals surface area (Å²) in [6, 6.07) is 12.7. The fourth-order valence-corrected chi connectivity index (χ4v) is 3.96. The summed E-state index contributed by atoms with van der Waals surface area (Å²) in [5.74, 6) is 0.379. The number of aliphatic hydroxyl groups is 1. The third-order valence-electron chi connectivity index (χ3n) is 4.69. The normalized spacial score (nSPS) is 11.5. The van der Waals surface area contributed by atoms with E-state index < -0.39 is 12.6 Å². The van der Waals surface area contributed by atoms with Gasteiger partial charge in [0.1, 0.15) is 11.8 Å². The van der Waals surface area contributed by atoms with Gasteiger partial charge in [0.15, 0.2) is 11.0 Å². The SMILES string of the molecule is C=CCn1c(SCC(=O)Nc2ccccc2Cl)nnc1[C@H](CO)NC(=O)c1ccc(OC)cc1. The third-order valence-corrected chi connectivity index (χ3v) is 5.99. The standard InChI is InChI=1S/C23H24ClN5O4S/c1-3-12-29-21(19(13-30)26-22(32)15-8-10-16(33-2)11-9-15)27-28-23(29)34-14-20(31)25-18-7-5-4-6-17(18)24/h3-11,19,30H,1,12-14H2,2H3,(H,25,31)(H,26,32)/t19-/m0/s1. The molecule has 2 aromatic carbocycles. The van der Waals surface area contributed by atoms with Gasteiger partial charge in [-0.3, -0.25) is 9.59 Å². The zero-order chi connectivity index (χ0) is 24.5. The van der Waals surface area contributed by atoms with Crippen LogP contribution in [0.15, 0.2) is 66.3 Å². The minimum atomic E-state index is -0.812. The number of hydrogen-bond donors (Lipinski definition) is 3. The molecule has 11 heteroatoms. The van der Waals surface area contributed by atoms with E-state index in [2.05, 4.69) is 27.4 Å². The molecule has 3 aromatic rings. The highest BCUT2D eigenvalue weighted by atomic mass is 35.5. The molecule has 0 aliphatic heterocycles. The molecule has 9 nitrogen and oxygen atoms in total. The summed E-state index contributed by atoms with van der Waals surface area (Å²) in [4.78, 5) is 25.0. The molecule has 3 rings (SSSR count). The molecule has 3 N–H and O–H groups in total. The zero-order valence-corrected chi connectivity index (χ0v) is 20.0. The van der Waals surface area contributed by atoms with Gasteiger partial charge in [0.05, 0.1) is 30.2 Å². The summed E-state index contributed by atoms with van der Waals surface area (Å²) in [7, 11) is 1.54. The molecule has 1 atom stereocenters. The highest BCUT2D eigenvalue weighted by Gasteiger charge is 2.23. The van der Waals surface area contributed by atoms with Gasteiger partial charge in [0.2, 0.25) is 5.91 Å². The van der Waals surface area contributed by atoms with Crippen LogP contribution in [0.5, 0.6) is 5.75 Å². The van der Waals surface area contributed by atoms with Crippen molar-refractivity contribution in [3.63, 3.8) is 0 Å². The number of nitrogens with one attached hydrogen (secondary N) is 2. The number of hydrogen-bond acceptors (Lipinski definition) is 7. The van der Waals surface area contributed by atoms with E-state index in [1.165, 1.54) is 11.8 Å². The number of anilines is 1. The van der Waals surface area contributed by atoms with E-state index in [0.717, 1.165) is 0 Å². The van der Waals surface area contributed by atoms with Crippen LogP contribution < -0.4 is 15.4 Å². The first-order valence-electron chi connectivity index (χ1n) is 10.2. The number of halogens is 1. The topological polar surface area (TPSA) is 118 Å². The Kier molecular flexibility index (Phi) is 9.08. The fraction of sp³-hybridized carbons (Fsp3) is 0.217. The van der Waals surface area contributed by atoms with Gasteiger partial charge in [-0.15, -0.1) is 16.8 Å². The van der Waals surface area contributed by atoms with Crippen LogP contribution in [0.2, 0.25) is 5.02 Å². The summed E-state index contributed by atoms with van der Waals surface area (Å²) in [6.07, 6.45) is 1.64. The molecular formula is C23H24ClN5O4S. The lowest BCUT2D eigenvalue weighted by Gasteiger charge is -2.17. The molecule has 0 unspecified atom stereocenters. The van der Waals surface area contributed by atoms with Crippen LogP contribution in [0.1, 0.15) is 22.2 Å². The lowest BCUT2D eigenvalue weighted by atomic mass is 10.2. The Morgan fingerprint density at radius 2 is 1.97 bits per heavy atom. The van der Waals surface area contributed by atoms with Crippen molar-refractivity contribution in [2.24, 2.45) is 0 Å². The molecule has 0 radical (unpaired) electrons. The van der Waals surface area contributed by atoms with Gasteiger partial charge in [0, 0.05) is 12.1 Å². The van der Waals surface area contributed by atoms with Crippen LogP contribution in [0.3, 0.4) is 0 Å². The maximum atomic E-state index is 12.7. The number of benzene rings is 2. The molecule has 0 aliphatic carbocycles. The summed E-state index contributed by atoms with van der Waals surface area (Å²) < 4.78 is 6.79. The Hall–Kier alpha value is -3.34. The van der Waals surface area contributed by atoms with E-state index >= 15 is 0 Å². The average molecular weight is 502 g/mol. The van der Waals surface area contributed by atoms with Gasteiger partial charge in [-0.1, -0.05) is 41.6 Å². The number of nitrogens with zero attached hydrogens (tertiary/aromatic N) is 3. The second kappa shape index (κ2) is 12.2. The summed E-state index contributed by atoms with van der Waals surface area (Å²) in [5, 5.41) is 24.6. The number of amides is 2. The van der Waals surface area contributed by atoms with Crippen LogP contribution in [0.4, 0.5) is 5.69 Å². The minimum absolute atomic E-state index is 0.0580. The van der Waals surface area contributed by atoms with Gasteiger partial charge >= 0.3 is 0 Å². The van der Waals surface area contributed by atoms with E-state index in [-0.39, 0.29) is 17.6 Å². The molecule has 34 heavy (non-hydrogen) atoms. The highest BCUT2D eigenvalue weighted by Crippen LogP contribution is 2.24. The second-order valence-electron chi connectivity index (χ2n) is 6.99. The molecule has 1 aromatic heterocycles. The molecule has 178 valence electrons. The first-order valence-corrected chi connectivity index (χ1v) is 11.6. The molecule has 2 amide bonds. The number of ether oxygens (including phenoxy) is 1. The van der Waals surface area contributed by atoms with Crippen molar-refractivity contribution < 1.29 is 19.4 Å². The Labute approximate surface area is 206 Å². The molecule has 0 fully saturated rings. The van der Waals surface area contributed by atoms with Crippen molar-refractivity contribution in [2.45, 2.75) is 17.7 Å². The summed E-state index contributed by atoms with van der Waals surface area (Å²) in [5.41, 5.74) is 0.921. The Balaban J connectivity index is 1.70. The lowest BCUT2D eigenvalue weighted by molar-refractivity contribution is -0.113. The number of para-hydroxylation sites is 1. The van der Waals surface area contributed by atoms with Crippen molar-refractivity contribution in [1.29, 1.82) is 0 Å². The van der Waals surface area contributed by atoms with Crippen molar-refractivity contribution in [2.75, 3.05) is 24.8 Å². The van der Waals surface area contributed by atoms with Crippen LogP contribution >= 0.6 is 23.4 Å². The quantitative estimate of drug-likeness (QED) is 0.272. The number of rotatable bonds is 11. The van der Waals surface area contributed by atoms with Gasteiger partial charge in [-0.25, -0.2) is 0 Å². The first kappa shape index (κ1) is 25.3. The maximum Gasteiger partial charge on any atom is 0.251 e. The third kappa shape index (κ3) is 6.37. The van der Waals surface area contributed by atoms with Gasteiger partial charge in [0.25, 0.3) is 5.91 Å². The average Bonchev–Trinajstić information content (AvgIpc) is 3.25. The van der Waals surface area contributed by atoms with Crippen molar-refractivity contribution in [1.82, 2.24) is 20.1 Å². The van der Waals surface area contributed by atoms with Crippen LogP contribution in [0, 0.1) is 0 Å². The number of allylic oxidation sites excluding steroid dienone is 1. The molecule has 0 saturated heterocycles. The highest BCUT2D eigenvalue weighted by molar-refractivity contribution is 7.99. The lowest BCUT2D eigenvalue weighted by Crippen LogP contribution is -2.33. The number of carbonyl (C=O) groups is 2. The monoisotopic (exact) mass is 501 g/mol. The molecule has 0 saturated carbocycles. The number of aromatic nitrogens is 3. The number of carbonyl (C=O) groups excluding carboxylic acids is 2. The van der Waals surface area contributed by atoms with Crippen LogP contribution in [0.25, 0.3) is 0 Å². The van der Waals surface area contributed by atoms with Crippen molar-refractivity contribution >= 4 is 40.9 Å². The van der Waals surface area contributed by atoms with E-state index in [1.54, 1.807) is 66.3 Å². The first-order chi connectivity index (χ1) is 16.5. The molecule has 0 bridgehead atoms. The maximum absolute atomic E-state index is 12.7. The smallest absolute Gasteiger partial charge is 0.251 e. The molecule has 1 heterocycles. The van der Waals surface area contributed by atoms with Crippen LogP contribution in [-0.2, 0) is 11.3 Å². The zero-order valence-electron chi connectivity index (χ0n) is 18.4. The molecular weight excluding hydrogens is 478 g/mol. The fourth-order valence-electron chi connectivity index (χ4n) is 3.02. The van der Waals surface area contributed by atoms with E-state index in [1.807, 2.05) is 0 Å². The largest absolute Gasteiger partial charge is 0.497 e. The second-order valence-corrected chi connectivity index (χ2v) is 8.34. The van der Waals surface area contributed by atoms with Crippen molar-refractivity contribution in [3.8, 4) is 5.75 Å². The van der Waals surface area contributed by atoms with Gasteiger partial charge in [-0.2, -0.15) is 0 Å². The molecule has 0 aliphatic rings. The van der Waals surface area contributed by atoms with Gasteiger partial charge in [-0.05, 0) is 36.4 Å². The van der Waals surface area contributed by atoms with E-state index in [9.17, 15) is 14.7 Å². The minimum Gasteiger partial charge on any atom is -0.497 e. The van der Waals surface area contributed by atoms with E-state index in [4.69, 9.17) is 16.3 Å². The number of methoxy groups -OCH3 is 1. The number of thioether (sulfide) groups is 1. The Morgan fingerprint density at radius 1 is 1.24 bits per heavy atom. The summed E-state index contributed by atoms with van der Waals surface area (Å²) >= 11 is 7.25.